The van der Waals surface area contributed by atoms with Gasteiger partial charge in [-0.1, -0.05) is 19.3 Å². The maximum Gasteiger partial charge on any atom is 0.319 e. The van der Waals surface area contributed by atoms with E-state index in [1.165, 1.54) is 19.3 Å². The molecule has 0 saturated heterocycles. The molecule has 2 fully saturated rings. The van der Waals surface area contributed by atoms with E-state index in [1.807, 2.05) is 11.8 Å². The summed E-state index contributed by atoms with van der Waals surface area (Å²) < 4.78 is 0.127. The van der Waals surface area contributed by atoms with E-state index in [1.54, 1.807) is 0 Å². The molecule has 4 nitrogen and oxygen atoms in total. The highest BCUT2D eigenvalue weighted by Crippen LogP contribution is 2.46. The molecule has 1 amide bonds. The van der Waals surface area contributed by atoms with E-state index in [9.17, 15) is 9.59 Å². The summed E-state index contributed by atoms with van der Waals surface area (Å²) in [5.41, 5.74) is -1.10. The van der Waals surface area contributed by atoms with Gasteiger partial charge in [0.2, 0.25) is 5.91 Å². The van der Waals surface area contributed by atoms with Gasteiger partial charge in [0.05, 0.1) is 0 Å². The number of carboxylic acids is 1. The molecule has 0 aromatic carbocycles. The topological polar surface area (TPSA) is 66.4 Å². The predicted molar refractivity (Wildman–Crippen MR) is 71.6 cm³/mol. The molecule has 0 atom stereocenters. The van der Waals surface area contributed by atoms with Crippen molar-refractivity contribution < 1.29 is 14.7 Å². The molecule has 2 N–H and O–H groups in total. The number of carbonyl (C=O) groups is 2. The van der Waals surface area contributed by atoms with Crippen LogP contribution in [0.15, 0.2) is 0 Å². The Labute approximate surface area is 112 Å². The van der Waals surface area contributed by atoms with Gasteiger partial charge < -0.3 is 10.4 Å². The second-order valence-electron chi connectivity index (χ2n) is 5.52. The summed E-state index contributed by atoms with van der Waals surface area (Å²) in [7, 11) is 0. The lowest BCUT2D eigenvalue weighted by Crippen LogP contribution is -2.45. The van der Waals surface area contributed by atoms with E-state index in [4.69, 9.17) is 5.11 Å². The molecule has 0 aromatic heterocycles. The lowest BCUT2D eigenvalue weighted by atomic mass is 9.88. The van der Waals surface area contributed by atoms with Crippen molar-refractivity contribution in [2.24, 2.45) is 5.41 Å². The zero-order valence-electron chi connectivity index (χ0n) is 10.8. The average Bonchev–Trinajstić information content (AvgIpc) is 3.18. The first-order valence-electron chi connectivity index (χ1n) is 6.62. The predicted octanol–water partition coefficient (Wildman–Crippen LogP) is 2.03. The van der Waals surface area contributed by atoms with E-state index in [0.29, 0.717) is 19.4 Å². The number of nitrogens with one attached hydrogen (secondary N) is 1. The van der Waals surface area contributed by atoms with Crippen LogP contribution in [0.1, 0.15) is 44.9 Å². The summed E-state index contributed by atoms with van der Waals surface area (Å²) in [4.78, 5) is 23.0. The van der Waals surface area contributed by atoms with Crippen molar-refractivity contribution in [3.63, 3.8) is 0 Å². The van der Waals surface area contributed by atoms with Gasteiger partial charge in [-0.2, -0.15) is 11.8 Å². The molecule has 2 saturated carbocycles. The fraction of sp³-hybridized carbons (Fsp3) is 0.846. The van der Waals surface area contributed by atoms with E-state index in [0.717, 1.165) is 12.8 Å². The SMILES string of the molecule is CSC1(CNC(=O)C2(C(=O)O)CC2)CCCCC1. The van der Waals surface area contributed by atoms with Crippen molar-refractivity contribution >= 4 is 23.6 Å². The van der Waals surface area contributed by atoms with Crippen molar-refractivity contribution in [3.8, 4) is 0 Å². The first kappa shape index (κ1) is 13.7. The lowest BCUT2D eigenvalue weighted by molar-refractivity contribution is -0.149. The summed E-state index contributed by atoms with van der Waals surface area (Å²) in [6.07, 6.45) is 8.99. The number of rotatable bonds is 5. The van der Waals surface area contributed by atoms with Crippen LogP contribution in [0.4, 0.5) is 0 Å². The second kappa shape index (κ2) is 5.11. The number of carbonyl (C=O) groups excluding carboxylic acids is 1. The number of hydrogen-bond acceptors (Lipinski definition) is 3. The Kier molecular flexibility index (Phi) is 3.90. The highest BCUT2D eigenvalue weighted by atomic mass is 32.2. The number of carboxylic acid groups (broad SMARTS) is 1. The largest absolute Gasteiger partial charge is 0.480 e. The average molecular weight is 271 g/mol. The molecule has 0 unspecified atom stereocenters. The normalized spacial score (nSPS) is 24.3. The highest BCUT2D eigenvalue weighted by Gasteiger charge is 2.57. The van der Waals surface area contributed by atoms with Crippen LogP contribution in [0.5, 0.6) is 0 Å². The molecule has 2 rings (SSSR count). The number of hydrogen-bond donors (Lipinski definition) is 2. The van der Waals surface area contributed by atoms with Crippen LogP contribution < -0.4 is 5.32 Å². The standard InChI is InChI=1S/C13H21NO3S/c1-18-12(5-3-2-4-6-12)9-14-10(15)13(7-8-13)11(16)17/h2-9H2,1H3,(H,14,15)(H,16,17). The molecule has 0 aromatic rings. The van der Waals surface area contributed by atoms with Crippen LogP contribution in [-0.2, 0) is 9.59 Å². The summed E-state index contributed by atoms with van der Waals surface area (Å²) in [5, 5.41) is 12.0. The molecular formula is C13H21NO3S. The van der Waals surface area contributed by atoms with Crippen LogP contribution in [-0.4, -0.2) is 34.5 Å². The van der Waals surface area contributed by atoms with Crippen molar-refractivity contribution in [2.75, 3.05) is 12.8 Å². The van der Waals surface area contributed by atoms with Gasteiger partial charge in [-0.05, 0) is 31.9 Å². The maximum atomic E-state index is 12.0. The zero-order chi connectivity index (χ0) is 13.2. The van der Waals surface area contributed by atoms with Crippen LogP contribution in [0.3, 0.4) is 0 Å². The van der Waals surface area contributed by atoms with Crippen LogP contribution >= 0.6 is 11.8 Å². The van der Waals surface area contributed by atoms with E-state index < -0.39 is 11.4 Å². The summed E-state index contributed by atoms with van der Waals surface area (Å²) in [6, 6.07) is 0. The fourth-order valence-electron chi connectivity index (χ4n) is 2.72. The minimum atomic E-state index is -1.10. The van der Waals surface area contributed by atoms with E-state index in [-0.39, 0.29) is 10.7 Å². The van der Waals surface area contributed by atoms with Crippen molar-refractivity contribution in [3.05, 3.63) is 0 Å². The second-order valence-corrected chi connectivity index (χ2v) is 6.79. The Balaban J connectivity index is 1.90. The van der Waals surface area contributed by atoms with Gasteiger partial charge in [-0.25, -0.2) is 0 Å². The van der Waals surface area contributed by atoms with Gasteiger partial charge in [0, 0.05) is 11.3 Å². The third-order valence-electron chi connectivity index (χ3n) is 4.36. The van der Waals surface area contributed by atoms with Crippen molar-refractivity contribution in [1.29, 1.82) is 0 Å². The van der Waals surface area contributed by atoms with Crippen LogP contribution in [0.2, 0.25) is 0 Å². The van der Waals surface area contributed by atoms with Gasteiger partial charge in [0.1, 0.15) is 5.41 Å². The Morgan fingerprint density at radius 2 is 1.78 bits per heavy atom. The summed E-state index contributed by atoms with van der Waals surface area (Å²) in [6.45, 7) is 0.613. The van der Waals surface area contributed by atoms with Crippen LogP contribution in [0, 0.1) is 5.41 Å². The maximum absolute atomic E-state index is 12.0. The molecule has 0 aliphatic heterocycles. The zero-order valence-corrected chi connectivity index (χ0v) is 11.6. The summed E-state index contributed by atoms with van der Waals surface area (Å²) in [5.74, 6) is -1.25. The van der Waals surface area contributed by atoms with Gasteiger partial charge in [0.25, 0.3) is 0 Å². The highest BCUT2D eigenvalue weighted by molar-refractivity contribution is 8.00. The van der Waals surface area contributed by atoms with Gasteiger partial charge in [-0.3, -0.25) is 9.59 Å². The Morgan fingerprint density at radius 1 is 1.17 bits per heavy atom. The molecule has 0 radical (unpaired) electrons. The molecule has 2 aliphatic carbocycles. The van der Waals surface area contributed by atoms with Gasteiger partial charge in [0.15, 0.2) is 0 Å². The molecule has 0 spiro atoms. The third kappa shape index (κ3) is 2.51. The molecule has 2 aliphatic rings. The fourth-order valence-corrected chi connectivity index (χ4v) is 3.64. The minimum Gasteiger partial charge on any atom is -0.480 e. The first-order valence-corrected chi connectivity index (χ1v) is 7.84. The van der Waals surface area contributed by atoms with Gasteiger partial charge in [-0.15, -0.1) is 0 Å². The quantitative estimate of drug-likeness (QED) is 0.751. The van der Waals surface area contributed by atoms with Crippen molar-refractivity contribution in [1.82, 2.24) is 5.32 Å². The molecule has 0 bridgehead atoms. The minimum absolute atomic E-state index is 0.127. The Hall–Kier alpha value is -0.710. The Morgan fingerprint density at radius 3 is 2.22 bits per heavy atom. The van der Waals surface area contributed by atoms with Gasteiger partial charge >= 0.3 is 5.97 Å². The monoisotopic (exact) mass is 271 g/mol. The molecule has 0 heterocycles. The first-order chi connectivity index (χ1) is 8.55. The number of amides is 1. The smallest absolute Gasteiger partial charge is 0.319 e. The molecular weight excluding hydrogens is 250 g/mol. The number of thioether (sulfide) groups is 1. The van der Waals surface area contributed by atoms with E-state index >= 15 is 0 Å². The molecule has 18 heavy (non-hydrogen) atoms. The third-order valence-corrected chi connectivity index (χ3v) is 5.78. The van der Waals surface area contributed by atoms with E-state index in [2.05, 4.69) is 11.6 Å². The van der Waals surface area contributed by atoms with Crippen molar-refractivity contribution in [2.45, 2.75) is 49.7 Å². The molecule has 102 valence electrons. The lowest BCUT2D eigenvalue weighted by Gasteiger charge is -2.36. The summed E-state index contributed by atoms with van der Waals surface area (Å²) >= 11 is 1.81. The Bertz CT molecular complexity index is 346. The van der Waals surface area contributed by atoms with Crippen LogP contribution in [0.25, 0.3) is 0 Å². The number of aliphatic carboxylic acids is 1. The molecule has 5 heteroatoms.